The highest BCUT2D eigenvalue weighted by Crippen LogP contribution is 2.30. The molecular weight excluding hydrogens is 413 g/mol. The van der Waals surface area contributed by atoms with Crippen LogP contribution in [0.4, 0.5) is 30.9 Å². The number of nitrogens with two attached hydrogens (primary N) is 2. The van der Waals surface area contributed by atoms with Gasteiger partial charge in [0.1, 0.15) is 11.6 Å². The van der Waals surface area contributed by atoms with Gasteiger partial charge in [-0.05, 0) is 32.9 Å². The minimum Gasteiger partial charge on any atom is -0.384 e. The second kappa shape index (κ2) is 6.82. The van der Waals surface area contributed by atoms with E-state index in [0.29, 0.717) is 11.4 Å². The van der Waals surface area contributed by atoms with Crippen LogP contribution in [0.15, 0.2) is 30.6 Å². The summed E-state index contributed by atoms with van der Waals surface area (Å²) in [6.07, 6.45) is -1.18. The quantitative estimate of drug-likeness (QED) is 0.447. The summed E-state index contributed by atoms with van der Waals surface area (Å²) in [6, 6.07) is 4.81. The summed E-state index contributed by atoms with van der Waals surface area (Å²) in [4.78, 5) is 16.9. The maximum Gasteiger partial charge on any atom is 0.506 e. The van der Waals surface area contributed by atoms with Gasteiger partial charge >= 0.3 is 6.30 Å². The normalized spacial score (nSPS) is 12.5. The number of alkyl halides is 3. The first kappa shape index (κ1) is 20.4. The summed E-state index contributed by atoms with van der Waals surface area (Å²) in [5.74, 6) is 0.579. The minimum absolute atomic E-state index is 0.0499. The van der Waals surface area contributed by atoms with Gasteiger partial charge in [0.05, 0.1) is 22.9 Å². The first-order valence-electron chi connectivity index (χ1n) is 9.11. The SMILES string of the molecule is Cc1ncc2ccc(-c3nc(N)nc(NC(C)(C)c4cc(N)n(C(F)(F)F)n4)n3)cn12. The summed E-state index contributed by atoms with van der Waals surface area (Å²) in [5, 5.41) is 6.54. The number of aryl methyl sites for hydroxylation is 1. The molecule has 4 rings (SSSR count). The summed E-state index contributed by atoms with van der Waals surface area (Å²) < 4.78 is 40.8. The maximum absolute atomic E-state index is 13.0. The molecule has 13 heteroatoms. The zero-order chi connectivity index (χ0) is 22.6. The van der Waals surface area contributed by atoms with Crippen molar-refractivity contribution in [1.29, 1.82) is 0 Å². The van der Waals surface area contributed by atoms with Crippen molar-refractivity contribution in [3.05, 3.63) is 42.1 Å². The van der Waals surface area contributed by atoms with Crippen molar-refractivity contribution in [2.45, 2.75) is 32.6 Å². The fraction of sp³-hybridized carbons (Fsp3) is 0.278. The number of fused-ring (bicyclic) bond motifs is 1. The highest BCUT2D eigenvalue weighted by molar-refractivity contribution is 5.61. The molecule has 162 valence electrons. The smallest absolute Gasteiger partial charge is 0.384 e. The Hall–Kier alpha value is -3.90. The first-order chi connectivity index (χ1) is 14.4. The molecule has 0 spiro atoms. The van der Waals surface area contributed by atoms with Crippen LogP contribution in [0.2, 0.25) is 0 Å². The van der Waals surface area contributed by atoms with E-state index in [1.54, 1.807) is 20.0 Å². The third kappa shape index (κ3) is 3.81. The summed E-state index contributed by atoms with van der Waals surface area (Å²) >= 11 is 0. The van der Waals surface area contributed by atoms with Gasteiger partial charge in [0, 0.05) is 17.8 Å². The number of hydrogen-bond donors (Lipinski definition) is 3. The highest BCUT2D eigenvalue weighted by Gasteiger charge is 2.36. The van der Waals surface area contributed by atoms with E-state index in [9.17, 15) is 13.2 Å². The Morgan fingerprint density at radius 1 is 1.06 bits per heavy atom. The van der Waals surface area contributed by atoms with Crippen LogP contribution in [-0.2, 0) is 11.8 Å². The van der Waals surface area contributed by atoms with Crippen LogP contribution in [0.25, 0.3) is 16.9 Å². The average Bonchev–Trinajstić information content (AvgIpc) is 3.24. The Balaban J connectivity index is 1.69. The Bertz CT molecular complexity index is 1270. The first-order valence-corrected chi connectivity index (χ1v) is 9.11. The van der Waals surface area contributed by atoms with Crippen molar-refractivity contribution in [3.63, 3.8) is 0 Å². The lowest BCUT2D eigenvalue weighted by molar-refractivity contribution is -0.210. The van der Waals surface area contributed by atoms with E-state index in [1.165, 1.54) is 0 Å². The van der Waals surface area contributed by atoms with Gasteiger partial charge in [-0.15, -0.1) is 13.2 Å². The Kier molecular flexibility index (Phi) is 4.48. The van der Waals surface area contributed by atoms with Gasteiger partial charge in [-0.3, -0.25) is 0 Å². The summed E-state index contributed by atoms with van der Waals surface area (Å²) in [5.41, 5.74) is 11.8. The van der Waals surface area contributed by atoms with E-state index in [1.807, 2.05) is 29.7 Å². The molecule has 0 aromatic carbocycles. The Labute approximate surface area is 174 Å². The number of pyridine rings is 1. The van der Waals surface area contributed by atoms with Crippen molar-refractivity contribution in [1.82, 2.24) is 34.1 Å². The predicted molar refractivity (Wildman–Crippen MR) is 108 cm³/mol. The number of anilines is 3. The van der Waals surface area contributed by atoms with E-state index in [4.69, 9.17) is 11.5 Å². The van der Waals surface area contributed by atoms with Crippen molar-refractivity contribution >= 4 is 23.2 Å². The number of hydrogen-bond acceptors (Lipinski definition) is 8. The Morgan fingerprint density at radius 2 is 1.81 bits per heavy atom. The molecule has 0 atom stereocenters. The van der Waals surface area contributed by atoms with Crippen molar-refractivity contribution < 1.29 is 13.2 Å². The van der Waals surface area contributed by atoms with Crippen molar-refractivity contribution in [3.8, 4) is 11.4 Å². The number of halogens is 3. The number of nitrogens with one attached hydrogen (secondary N) is 1. The third-order valence-electron chi connectivity index (χ3n) is 4.66. The molecule has 0 bridgehead atoms. The van der Waals surface area contributed by atoms with Crippen LogP contribution in [0, 0.1) is 6.92 Å². The van der Waals surface area contributed by atoms with Crippen LogP contribution >= 0.6 is 0 Å². The maximum atomic E-state index is 13.0. The van der Waals surface area contributed by atoms with E-state index >= 15 is 0 Å². The van der Waals surface area contributed by atoms with E-state index in [0.717, 1.165) is 17.4 Å². The van der Waals surface area contributed by atoms with Gasteiger partial charge in [0.15, 0.2) is 5.82 Å². The molecule has 0 saturated carbocycles. The lowest BCUT2D eigenvalue weighted by atomic mass is 10.0. The number of nitrogens with zero attached hydrogens (tertiary/aromatic N) is 7. The molecule has 4 aromatic heterocycles. The molecule has 0 saturated heterocycles. The lowest BCUT2D eigenvalue weighted by Crippen LogP contribution is -2.31. The highest BCUT2D eigenvalue weighted by atomic mass is 19.4. The van der Waals surface area contributed by atoms with Crippen LogP contribution in [0.5, 0.6) is 0 Å². The summed E-state index contributed by atoms with van der Waals surface area (Å²) in [6.45, 7) is 5.10. The third-order valence-corrected chi connectivity index (χ3v) is 4.66. The number of rotatable bonds is 4. The molecule has 0 amide bonds. The zero-order valence-corrected chi connectivity index (χ0v) is 16.8. The number of imidazole rings is 1. The predicted octanol–water partition coefficient (Wildman–Crippen LogP) is 2.68. The number of nitrogen functional groups attached to an aromatic ring is 2. The largest absolute Gasteiger partial charge is 0.506 e. The zero-order valence-electron chi connectivity index (χ0n) is 16.8. The molecule has 0 fully saturated rings. The fourth-order valence-corrected chi connectivity index (χ4v) is 3.08. The molecule has 4 aromatic rings. The van der Waals surface area contributed by atoms with Crippen LogP contribution in [0.3, 0.4) is 0 Å². The minimum atomic E-state index is -4.73. The molecule has 0 aliphatic carbocycles. The molecule has 0 aliphatic rings. The van der Waals surface area contributed by atoms with Crippen LogP contribution < -0.4 is 16.8 Å². The Morgan fingerprint density at radius 3 is 2.48 bits per heavy atom. The van der Waals surface area contributed by atoms with Gasteiger partial charge in [0.25, 0.3) is 0 Å². The molecule has 0 aliphatic heterocycles. The van der Waals surface area contributed by atoms with Gasteiger partial charge in [-0.2, -0.15) is 24.7 Å². The average molecular weight is 432 g/mol. The van der Waals surface area contributed by atoms with Crippen molar-refractivity contribution in [2.24, 2.45) is 0 Å². The lowest BCUT2D eigenvalue weighted by Gasteiger charge is -2.24. The van der Waals surface area contributed by atoms with E-state index in [2.05, 4.69) is 30.4 Å². The molecule has 31 heavy (non-hydrogen) atoms. The summed E-state index contributed by atoms with van der Waals surface area (Å²) in [7, 11) is 0. The topological polar surface area (TPSA) is 138 Å². The van der Waals surface area contributed by atoms with E-state index in [-0.39, 0.29) is 22.3 Å². The molecule has 0 radical (unpaired) electrons. The standard InChI is InChI=1S/C18H19F3N10/c1-9-24-7-11-5-4-10(8-30(9)11)14-25-15(23)27-16(26-14)28-17(2,3)12-6-13(22)31(29-12)18(19,20)21/h4-8H,22H2,1-3H3,(H3,23,25,26,27,28). The fourth-order valence-electron chi connectivity index (χ4n) is 3.08. The van der Waals surface area contributed by atoms with Crippen LogP contribution in [0.1, 0.15) is 25.4 Å². The van der Waals surface area contributed by atoms with Crippen molar-refractivity contribution in [2.75, 3.05) is 16.8 Å². The molecule has 10 nitrogen and oxygen atoms in total. The van der Waals surface area contributed by atoms with Crippen LogP contribution in [-0.4, -0.2) is 34.1 Å². The molecule has 5 N–H and O–H groups in total. The molecule has 4 heterocycles. The molecular formula is C18H19F3N10. The monoisotopic (exact) mass is 432 g/mol. The van der Waals surface area contributed by atoms with Gasteiger partial charge < -0.3 is 21.2 Å². The molecule has 0 unspecified atom stereocenters. The number of aromatic nitrogens is 7. The van der Waals surface area contributed by atoms with Gasteiger partial charge in [-0.25, -0.2) is 4.98 Å². The van der Waals surface area contributed by atoms with E-state index < -0.39 is 17.7 Å². The second-order valence-electron chi connectivity index (χ2n) is 7.44. The van der Waals surface area contributed by atoms with Gasteiger partial charge in [0.2, 0.25) is 11.9 Å². The second-order valence-corrected chi connectivity index (χ2v) is 7.44. The van der Waals surface area contributed by atoms with Gasteiger partial charge in [-0.1, -0.05) is 0 Å².